The van der Waals surface area contributed by atoms with Crippen molar-refractivity contribution in [2.45, 2.75) is 19.1 Å². The quantitative estimate of drug-likeness (QED) is 0.291. The fourth-order valence-corrected chi connectivity index (χ4v) is 5.09. The van der Waals surface area contributed by atoms with Gasteiger partial charge in [0.15, 0.2) is 0 Å². The van der Waals surface area contributed by atoms with E-state index >= 15 is 0 Å². The van der Waals surface area contributed by atoms with Gasteiger partial charge in [0.25, 0.3) is 0 Å². The van der Waals surface area contributed by atoms with Crippen molar-refractivity contribution in [1.82, 2.24) is 14.5 Å². The third-order valence-electron chi connectivity index (χ3n) is 6.96. The summed E-state index contributed by atoms with van der Waals surface area (Å²) in [5.41, 5.74) is 3.73. The molecule has 6 rings (SSSR count). The Kier molecular flexibility index (Phi) is 5.88. The molecule has 1 aliphatic heterocycles. The Hall–Kier alpha value is -4.89. The Bertz CT molecular complexity index is 1600. The normalized spacial score (nSPS) is 15.3. The third kappa shape index (κ3) is 4.32. The van der Waals surface area contributed by atoms with E-state index in [0.29, 0.717) is 25.2 Å². The highest BCUT2D eigenvalue weighted by atomic mass is 16.2. The zero-order valence-electron chi connectivity index (χ0n) is 20.2. The lowest BCUT2D eigenvalue weighted by molar-refractivity contribution is 0.216. The molecule has 0 radical (unpaired) electrons. The van der Waals surface area contributed by atoms with Crippen LogP contribution in [0.15, 0.2) is 109 Å². The van der Waals surface area contributed by atoms with Crippen LogP contribution in [0.25, 0.3) is 10.8 Å². The van der Waals surface area contributed by atoms with Crippen molar-refractivity contribution < 1.29 is 4.79 Å². The molecule has 2 amide bonds. The molecule has 0 aliphatic carbocycles. The number of hydrogen-bond donors (Lipinski definition) is 0. The number of benzene rings is 4. The van der Waals surface area contributed by atoms with Gasteiger partial charge in [0, 0.05) is 30.9 Å². The van der Waals surface area contributed by atoms with Gasteiger partial charge in [-0.25, -0.2) is 9.78 Å². The molecule has 5 aromatic rings. The minimum absolute atomic E-state index is 0.0295. The van der Waals surface area contributed by atoms with Gasteiger partial charge in [-0.3, -0.25) is 4.90 Å². The van der Waals surface area contributed by atoms with Crippen LogP contribution in [-0.2, 0) is 13.1 Å². The molecule has 37 heavy (non-hydrogen) atoms. The summed E-state index contributed by atoms with van der Waals surface area (Å²) in [6, 6.07) is 34.1. The minimum Gasteiger partial charge on any atom is -0.329 e. The van der Waals surface area contributed by atoms with E-state index in [9.17, 15) is 4.79 Å². The summed E-state index contributed by atoms with van der Waals surface area (Å²) < 4.78 is 2.06. The van der Waals surface area contributed by atoms with Gasteiger partial charge < -0.3 is 9.47 Å². The number of nitriles is 1. The zero-order chi connectivity index (χ0) is 25.2. The largest absolute Gasteiger partial charge is 0.329 e. The zero-order valence-corrected chi connectivity index (χ0v) is 20.2. The number of hydrogen-bond acceptors (Lipinski definition) is 3. The van der Waals surface area contributed by atoms with Crippen molar-refractivity contribution in [3.63, 3.8) is 0 Å². The Labute approximate surface area is 215 Å². The van der Waals surface area contributed by atoms with Crippen LogP contribution in [0.2, 0.25) is 0 Å². The molecule has 1 aliphatic rings. The number of carbonyl (C=O) groups is 1. The number of imidazole rings is 1. The van der Waals surface area contributed by atoms with Crippen LogP contribution in [0.4, 0.5) is 10.5 Å². The Morgan fingerprint density at radius 2 is 1.62 bits per heavy atom. The van der Waals surface area contributed by atoms with Crippen LogP contribution in [-0.4, -0.2) is 27.0 Å². The van der Waals surface area contributed by atoms with Crippen molar-refractivity contribution in [1.29, 1.82) is 5.26 Å². The average molecular weight is 484 g/mol. The molecule has 6 nitrogen and oxygen atoms in total. The number of aromatic nitrogens is 2. The van der Waals surface area contributed by atoms with Crippen LogP contribution in [0.5, 0.6) is 0 Å². The molecule has 180 valence electrons. The lowest BCUT2D eigenvalue weighted by Gasteiger charge is -2.25. The standard InChI is InChI=1S/C31H25N5O/c32-19-23-13-15-24(16-14-23)20-34-18-17-33-30(34)22-35-21-29(26-8-2-1-3-9-26)36(31(35)37)28-12-6-10-25-7-4-5-11-27(25)28/h1-18,29H,20-22H2. The first kappa shape index (κ1) is 22.6. The second kappa shape index (κ2) is 9.63. The molecule has 1 fully saturated rings. The molecule has 1 atom stereocenters. The molecule has 2 heterocycles. The molecular formula is C31H25N5O. The summed E-state index contributed by atoms with van der Waals surface area (Å²) in [5.74, 6) is 0.823. The first-order valence-electron chi connectivity index (χ1n) is 12.3. The predicted molar refractivity (Wildman–Crippen MR) is 144 cm³/mol. The average Bonchev–Trinajstić information content (AvgIpc) is 3.52. The van der Waals surface area contributed by atoms with Gasteiger partial charge >= 0.3 is 6.03 Å². The van der Waals surface area contributed by atoms with Crippen LogP contribution in [0.1, 0.15) is 28.6 Å². The molecule has 4 aromatic carbocycles. The highest BCUT2D eigenvalue weighted by Crippen LogP contribution is 2.38. The highest BCUT2D eigenvalue weighted by molar-refractivity contribution is 6.04. The van der Waals surface area contributed by atoms with Crippen molar-refractivity contribution >= 4 is 22.5 Å². The van der Waals surface area contributed by atoms with Gasteiger partial charge in [0.1, 0.15) is 5.82 Å². The number of fused-ring (bicyclic) bond motifs is 1. The Morgan fingerprint density at radius 3 is 2.43 bits per heavy atom. The first-order chi connectivity index (χ1) is 18.2. The third-order valence-corrected chi connectivity index (χ3v) is 6.96. The van der Waals surface area contributed by atoms with E-state index < -0.39 is 0 Å². The second-order valence-electron chi connectivity index (χ2n) is 9.24. The van der Waals surface area contributed by atoms with Crippen LogP contribution in [0, 0.1) is 11.3 Å². The summed E-state index contributed by atoms with van der Waals surface area (Å²) in [7, 11) is 0. The molecule has 1 saturated heterocycles. The monoisotopic (exact) mass is 483 g/mol. The molecule has 1 aromatic heterocycles. The molecular weight excluding hydrogens is 458 g/mol. The fraction of sp³-hybridized carbons (Fsp3) is 0.129. The first-order valence-corrected chi connectivity index (χ1v) is 12.3. The maximum Gasteiger partial charge on any atom is 0.325 e. The highest BCUT2D eigenvalue weighted by Gasteiger charge is 2.40. The van der Waals surface area contributed by atoms with Gasteiger partial charge in [-0.1, -0.05) is 78.9 Å². The van der Waals surface area contributed by atoms with Gasteiger partial charge in [0.05, 0.1) is 29.9 Å². The minimum atomic E-state index is -0.110. The fourth-order valence-electron chi connectivity index (χ4n) is 5.09. The number of amides is 2. The summed E-state index contributed by atoms with van der Waals surface area (Å²) in [5, 5.41) is 11.2. The molecule has 0 spiro atoms. The van der Waals surface area contributed by atoms with E-state index in [4.69, 9.17) is 5.26 Å². The second-order valence-corrected chi connectivity index (χ2v) is 9.24. The smallest absolute Gasteiger partial charge is 0.325 e. The number of nitrogens with zero attached hydrogens (tertiary/aromatic N) is 5. The maximum atomic E-state index is 14.0. The molecule has 6 heteroatoms. The summed E-state index contributed by atoms with van der Waals surface area (Å²) in [4.78, 5) is 22.4. The summed E-state index contributed by atoms with van der Waals surface area (Å²) in [6.45, 7) is 1.60. The van der Waals surface area contributed by atoms with Gasteiger partial charge in [-0.2, -0.15) is 5.26 Å². The van der Waals surface area contributed by atoms with E-state index in [2.05, 4.69) is 46.0 Å². The van der Waals surface area contributed by atoms with Gasteiger partial charge in [-0.15, -0.1) is 0 Å². The topological polar surface area (TPSA) is 65.2 Å². The van der Waals surface area contributed by atoms with Gasteiger partial charge in [-0.05, 0) is 34.7 Å². The number of rotatable bonds is 6. The van der Waals surface area contributed by atoms with E-state index in [0.717, 1.165) is 33.4 Å². The number of carbonyl (C=O) groups excluding carboxylic acids is 1. The van der Waals surface area contributed by atoms with E-state index in [1.165, 1.54) is 0 Å². The van der Waals surface area contributed by atoms with E-state index in [1.807, 2.05) is 82.7 Å². The van der Waals surface area contributed by atoms with E-state index in [1.54, 1.807) is 6.20 Å². The molecule has 0 N–H and O–H groups in total. The van der Waals surface area contributed by atoms with Crippen molar-refractivity contribution in [3.8, 4) is 6.07 Å². The Morgan fingerprint density at radius 1 is 0.865 bits per heavy atom. The predicted octanol–water partition coefficient (Wildman–Crippen LogP) is 6.14. The number of anilines is 1. The lowest BCUT2D eigenvalue weighted by atomic mass is 10.0. The van der Waals surface area contributed by atoms with Crippen molar-refractivity contribution in [2.75, 3.05) is 11.4 Å². The van der Waals surface area contributed by atoms with Crippen LogP contribution >= 0.6 is 0 Å². The van der Waals surface area contributed by atoms with Crippen molar-refractivity contribution in [2.24, 2.45) is 0 Å². The lowest BCUT2D eigenvalue weighted by Crippen LogP contribution is -2.33. The SMILES string of the molecule is N#Cc1ccc(Cn2ccnc2CN2CC(c3ccccc3)N(c3cccc4ccccc34)C2=O)cc1. The van der Waals surface area contributed by atoms with E-state index in [-0.39, 0.29) is 12.1 Å². The van der Waals surface area contributed by atoms with Crippen molar-refractivity contribution in [3.05, 3.63) is 132 Å². The maximum absolute atomic E-state index is 14.0. The molecule has 1 unspecified atom stereocenters. The summed E-state index contributed by atoms with van der Waals surface area (Å²) in [6.07, 6.45) is 3.71. The van der Waals surface area contributed by atoms with Gasteiger partial charge in [0.2, 0.25) is 0 Å². The Balaban J connectivity index is 1.32. The molecule has 0 bridgehead atoms. The van der Waals surface area contributed by atoms with Crippen LogP contribution in [0.3, 0.4) is 0 Å². The van der Waals surface area contributed by atoms with Crippen LogP contribution < -0.4 is 4.90 Å². The summed E-state index contributed by atoms with van der Waals surface area (Å²) >= 11 is 0. The number of urea groups is 1. The molecule has 0 saturated carbocycles.